The van der Waals surface area contributed by atoms with Crippen LogP contribution in [0, 0.1) is 5.92 Å². The lowest BCUT2D eigenvalue weighted by atomic mass is 9.92. The largest absolute Gasteiger partial charge is 0.324 e. The highest BCUT2D eigenvalue weighted by Gasteiger charge is 2.14. The van der Waals surface area contributed by atoms with Crippen LogP contribution >= 0.6 is 27.5 Å². The third-order valence-electron chi connectivity index (χ3n) is 3.10. The second-order valence-electron chi connectivity index (χ2n) is 4.19. The van der Waals surface area contributed by atoms with Crippen LogP contribution in [0.15, 0.2) is 22.7 Å². The Morgan fingerprint density at radius 2 is 1.94 bits per heavy atom. The van der Waals surface area contributed by atoms with Crippen molar-refractivity contribution in [3.8, 4) is 0 Å². The van der Waals surface area contributed by atoms with Gasteiger partial charge in [0, 0.05) is 15.5 Å². The molecule has 0 saturated carbocycles. The monoisotopic (exact) mass is 303 g/mol. The maximum atomic E-state index is 6.20. The molecule has 0 radical (unpaired) electrons. The lowest BCUT2D eigenvalue weighted by Crippen LogP contribution is -2.15. The van der Waals surface area contributed by atoms with Gasteiger partial charge in [0.15, 0.2) is 0 Å². The van der Waals surface area contributed by atoms with Gasteiger partial charge in [-0.3, -0.25) is 0 Å². The van der Waals surface area contributed by atoms with E-state index in [9.17, 15) is 0 Å². The Kier molecular flexibility index (Phi) is 5.81. The predicted octanol–water partition coefficient (Wildman–Crippen LogP) is 4.93. The van der Waals surface area contributed by atoms with Crippen LogP contribution < -0.4 is 5.73 Å². The molecular weight excluding hydrogens is 286 g/mol. The molecule has 0 aromatic heterocycles. The predicted molar refractivity (Wildman–Crippen MR) is 74.8 cm³/mol. The van der Waals surface area contributed by atoms with Crippen molar-refractivity contribution in [2.24, 2.45) is 11.7 Å². The quantitative estimate of drug-likeness (QED) is 0.820. The molecule has 1 nitrogen and oxygen atoms in total. The molecule has 1 aromatic carbocycles. The van der Waals surface area contributed by atoms with Gasteiger partial charge in [0.25, 0.3) is 0 Å². The zero-order valence-electron chi connectivity index (χ0n) is 9.84. The lowest BCUT2D eigenvalue weighted by molar-refractivity contribution is 0.414. The first-order chi connectivity index (χ1) is 7.58. The van der Waals surface area contributed by atoms with Crippen molar-refractivity contribution in [3.05, 3.63) is 33.3 Å². The molecule has 0 fully saturated rings. The maximum Gasteiger partial charge on any atom is 0.0464 e. The van der Waals surface area contributed by atoms with Gasteiger partial charge in [0.2, 0.25) is 0 Å². The molecule has 0 bridgehead atoms. The SMILES string of the molecule is CCC(CC)CC(N)c1ccc(Br)cc1Cl. The van der Waals surface area contributed by atoms with E-state index >= 15 is 0 Å². The van der Waals surface area contributed by atoms with Crippen LogP contribution in [-0.2, 0) is 0 Å². The molecule has 0 aliphatic heterocycles. The Labute approximate surface area is 111 Å². The van der Waals surface area contributed by atoms with Gasteiger partial charge in [-0.15, -0.1) is 0 Å². The summed E-state index contributed by atoms with van der Waals surface area (Å²) in [5.41, 5.74) is 7.25. The third kappa shape index (κ3) is 3.76. The van der Waals surface area contributed by atoms with Crippen LogP contribution in [0.1, 0.15) is 44.7 Å². The fraction of sp³-hybridized carbons (Fsp3) is 0.538. The number of nitrogens with two attached hydrogens (primary N) is 1. The second-order valence-corrected chi connectivity index (χ2v) is 5.51. The van der Waals surface area contributed by atoms with E-state index in [-0.39, 0.29) is 6.04 Å². The summed E-state index contributed by atoms with van der Waals surface area (Å²) in [6.07, 6.45) is 3.37. The molecule has 90 valence electrons. The summed E-state index contributed by atoms with van der Waals surface area (Å²) in [6, 6.07) is 5.96. The summed E-state index contributed by atoms with van der Waals surface area (Å²) >= 11 is 9.58. The van der Waals surface area contributed by atoms with Crippen LogP contribution in [-0.4, -0.2) is 0 Å². The number of halogens is 2. The number of rotatable bonds is 5. The van der Waals surface area contributed by atoms with Crippen LogP contribution in [0.25, 0.3) is 0 Å². The molecule has 0 spiro atoms. The first-order valence-corrected chi connectivity index (χ1v) is 6.96. The summed E-state index contributed by atoms with van der Waals surface area (Å²) in [7, 11) is 0. The number of hydrogen-bond donors (Lipinski definition) is 1. The normalized spacial score (nSPS) is 13.1. The van der Waals surface area contributed by atoms with Crippen molar-refractivity contribution >= 4 is 27.5 Å². The minimum Gasteiger partial charge on any atom is -0.324 e. The number of benzene rings is 1. The van der Waals surface area contributed by atoms with E-state index in [1.165, 1.54) is 12.8 Å². The maximum absolute atomic E-state index is 6.20. The molecule has 0 amide bonds. The van der Waals surface area contributed by atoms with Crippen molar-refractivity contribution in [1.82, 2.24) is 0 Å². The van der Waals surface area contributed by atoms with Crippen LogP contribution in [0.3, 0.4) is 0 Å². The Morgan fingerprint density at radius 1 is 1.31 bits per heavy atom. The van der Waals surface area contributed by atoms with Gasteiger partial charge < -0.3 is 5.73 Å². The van der Waals surface area contributed by atoms with Gasteiger partial charge in [-0.25, -0.2) is 0 Å². The van der Waals surface area contributed by atoms with Crippen molar-refractivity contribution in [2.75, 3.05) is 0 Å². The standard InChI is InChI=1S/C13H19BrClN/c1-3-9(4-2)7-13(16)11-6-5-10(14)8-12(11)15/h5-6,8-9,13H,3-4,7,16H2,1-2H3. The van der Waals surface area contributed by atoms with Crippen LogP contribution in [0.5, 0.6) is 0 Å². The fourth-order valence-corrected chi connectivity index (χ4v) is 2.72. The van der Waals surface area contributed by atoms with Crippen molar-refractivity contribution in [2.45, 2.75) is 39.2 Å². The molecule has 0 aliphatic carbocycles. The zero-order chi connectivity index (χ0) is 12.1. The molecule has 16 heavy (non-hydrogen) atoms. The van der Waals surface area contributed by atoms with E-state index in [4.69, 9.17) is 17.3 Å². The highest BCUT2D eigenvalue weighted by Crippen LogP contribution is 2.30. The molecule has 3 heteroatoms. The van der Waals surface area contributed by atoms with Gasteiger partial charge >= 0.3 is 0 Å². The second kappa shape index (κ2) is 6.63. The Bertz CT molecular complexity index is 337. The minimum absolute atomic E-state index is 0.0468. The first-order valence-electron chi connectivity index (χ1n) is 5.79. The average molecular weight is 305 g/mol. The van der Waals surface area contributed by atoms with E-state index in [0.29, 0.717) is 5.92 Å². The Hall–Kier alpha value is -0.0500. The highest BCUT2D eigenvalue weighted by atomic mass is 79.9. The van der Waals surface area contributed by atoms with E-state index in [2.05, 4.69) is 29.8 Å². The molecule has 1 unspecified atom stereocenters. The van der Waals surface area contributed by atoms with Gasteiger partial charge in [0.1, 0.15) is 0 Å². The topological polar surface area (TPSA) is 26.0 Å². The summed E-state index contributed by atoms with van der Waals surface area (Å²) in [5.74, 6) is 0.690. The van der Waals surface area contributed by atoms with Gasteiger partial charge in [-0.2, -0.15) is 0 Å². The van der Waals surface area contributed by atoms with Crippen molar-refractivity contribution < 1.29 is 0 Å². The first kappa shape index (κ1) is 14.0. The minimum atomic E-state index is 0.0468. The van der Waals surface area contributed by atoms with Crippen LogP contribution in [0.4, 0.5) is 0 Å². The third-order valence-corrected chi connectivity index (χ3v) is 3.92. The van der Waals surface area contributed by atoms with Crippen molar-refractivity contribution in [3.63, 3.8) is 0 Å². The van der Waals surface area contributed by atoms with Gasteiger partial charge in [-0.05, 0) is 30.0 Å². The summed E-state index contributed by atoms with van der Waals surface area (Å²) in [6.45, 7) is 4.42. The summed E-state index contributed by atoms with van der Waals surface area (Å²) in [5, 5.41) is 0.757. The van der Waals surface area contributed by atoms with Crippen LogP contribution in [0.2, 0.25) is 5.02 Å². The zero-order valence-corrected chi connectivity index (χ0v) is 12.2. The molecule has 1 atom stereocenters. The highest BCUT2D eigenvalue weighted by molar-refractivity contribution is 9.10. The Balaban J connectivity index is 2.76. The van der Waals surface area contributed by atoms with Crippen molar-refractivity contribution in [1.29, 1.82) is 0 Å². The van der Waals surface area contributed by atoms with E-state index in [1.807, 2.05) is 18.2 Å². The van der Waals surface area contributed by atoms with E-state index in [1.54, 1.807) is 0 Å². The molecule has 0 saturated heterocycles. The average Bonchev–Trinajstić information content (AvgIpc) is 2.25. The molecule has 1 aromatic rings. The molecule has 0 heterocycles. The van der Waals surface area contributed by atoms with Gasteiger partial charge in [0.05, 0.1) is 0 Å². The lowest BCUT2D eigenvalue weighted by Gasteiger charge is -2.19. The molecular formula is C13H19BrClN. The summed E-state index contributed by atoms with van der Waals surface area (Å²) < 4.78 is 0.996. The van der Waals surface area contributed by atoms with E-state index < -0.39 is 0 Å². The fourth-order valence-electron chi connectivity index (χ4n) is 1.91. The smallest absolute Gasteiger partial charge is 0.0464 e. The Morgan fingerprint density at radius 3 is 2.44 bits per heavy atom. The molecule has 1 rings (SSSR count). The van der Waals surface area contributed by atoms with Gasteiger partial charge in [-0.1, -0.05) is 60.3 Å². The molecule has 2 N–H and O–H groups in total. The number of hydrogen-bond acceptors (Lipinski definition) is 1. The molecule has 0 aliphatic rings. The van der Waals surface area contributed by atoms with E-state index in [0.717, 1.165) is 21.5 Å². The summed E-state index contributed by atoms with van der Waals surface area (Å²) in [4.78, 5) is 0.